The van der Waals surface area contributed by atoms with Crippen molar-refractivity contribution in [2.75, 3.05) is 11.9 Å². The van der Waals surface area contributed by atoms with Gasteiger partial charge >= 0.3 is 0 Å². The van der Waals surface area contributed by atoms with E-state index in [9.17, 15) is 15.0 Å². The van der Waals surface area contributed by atoms with Crippen molar-refractivity contribution in [3.63, 3.8) is 0 Å². The smallest absolute Gasteiger partial charge is 0.226 e. The van der Waals surface area contributed by atoms with Crippen LogP contribution in [0, 0.1) is 0 Å². The number of aliphatic hydroxyl groups excluding tert-OH is 1. The summed E-state index contributed by atoms with van der Waals surface area (Å²) in [5.41, 5.74) is 2.49. The molecule has 25 heavy (non-hydrogen) atoms. The van der Waals surface area contributed by atoms with E-state index in [2.05, 4.69) is 5.32 Å². The van der Waals surface area contributed by atoms with E-state index in [-0.39, 0.29) is 12.4 Å². The van der Waals surface area contributed by atoms with Gasteiger partial charge in [-0.1, -0.05) is 42.5 Å². The maximum Gasteiger partial charge on any atom is 0.226 e. The SMILES string of the molecule is O=c1ccoc(C(CCO)Nc2ccc(-c3ccccc3)cc2)c1O. The number of benzene rings is 2. The third-order valence-electron chi connectivity index (χ3n) is 3.95. The highest BCUT2D eigenvalue weighted by molar-refractivity contribution is 5.66. The lowest BCUT2D eigenvalue weighted by molar-refractivity contribution is 0.268. The van der Waals surface area contributed by atoms with Crippen LogP contribution < -0.4 is 10.7 Å². The Morgan fingerprint density at radius 2 is 1.64 bits per heavy atom. The Labute approximate surface area is 145 Å². The first-order chi connectivity index (χ1) is 12.2. The lowest BCUT2D eigenvalue weighted by Gasteiger charge is -2.19. The van der Waals surface area contributed by atoms with Gasteiger partial charge in [-0.25, -0.2) is 0 Å². The molecule has 0 radical (unpaired) electrons. The van der Waals surface area contributed by atoms with Crippen LogP contribution in [0.15, 0.2) is 76.1 Å². The number of aromatic hydroxyl groups is 1. The second kappa shape index (κ2) is 7.68. The standard InChI is InChI=1S/C20H19NO4/c22-12-10-17(20-19(24)18(23)11-13-25-20)21-16-8-6-15(7-9-16)14-4-2-1-3-5-14/h1-9,11,13,17,21-22,24H,10,12H2. The lowest BCUT2D eigenvalue weighted by Crippen LogP contribution is -2.15. The van der Waals surface area contributed by atoms with E-state index < -0.39 is 17.2 Å². The van der Waals surface area contributed by atoms with Crippen LogP contribution in [0.3, 0.4) is 0 Å². The zero-order valence-corrected chi connectivity index (χ0v) is 13.6. The molecule has 0 amide bonds. The van der Waals surface area contributed by atoms with Crippen LogP contribution in [0.1, 0.15) is 18.2 Å². The number of nitrogens with one attached hydrogen (secondary N) is 1. The highest BCUT2D eigenvalue weighted by Crippen LogP contribution is 2.28. The van der Waals surface area contributed by atoms with Crippen LogP contribution >= 0.6 is 0 Å². The zero-order valence-electron chi connectivity index (χ0n) is 13.6. The van der Waals surface area contributed by atoms with Gasteiger partial charge < -0.3 is 19.9 Å². The number of hydrogen-bond acceptors (Lipinski definition) is 5. The van der Waals surface area contributed by atoms with E-state index in [1.54, 1.807) is 0 Å². The molecule has 5 heteroatoms. The van der Waals surface area contributed by atoms with Crippen LogP contribution in [-0.2, 0) is 0 Å². The van der Waals surface area contributed by atoms with E-state index >= 15 is 0 Å². The highest BCUT2D eigenvalue weighted by Gasteiger charge is 2.19. The quantitative estimate of drug-likeness (QED) is 0.641. The van der Waals surface area contributed by atoms with Crippen molar-refractivity contribution in [2.24, 2.45) is 0 Å². The van der Waals surface area contributed by atoms with Gasteiger partial charge in [-0.3, -0.25) is 4.79 Å². The van der Waals surface area contributed by atoms with E-state index in [0.717, 1.165) is 22.9 Å². The van der Waals surface area contributed by atoms with Crippen LogP contribution in [0.4, 0.5) is 5.69 Å². The van der Waals surface area contributed by atoms with Gasteiger partial charge in [0, 0.05) is 18.4 Å². The monoisotopic (exact) mass is 337 g/mol. The molecule has 3 rings (SSSR count). The van der Waals surface area contributed by atoms with E-state index in [0.29, 0.717) is 6.42 Å². The number of hydrogen-bond donors (Lipinski definition) is 3. The molecule has 1 unspecified atom stereocenters. The Morgan fingerprint density at radius 1 is 0.960 bits per heavy atom. The molecule has 5 nitrogen and oxygen atoms in total. The third-order valence-corrected chi connectivity index (χ3v) is 3.95. The van der Waals surface area contributed by atoms with Crippen LogP contribution in [0.5, 0.6) is 5.75 Å². The van der Waals surface area contributed by atoms with Crippen LogP contribution in [0.25, 0.3) is 11.1 Å². The highest BCUT2D eigenvalue weighted by atomic mass is 16.4. The van der Waals surface area contributed by atoms with Crippen molar-refractivity contribution >= 4 is 5.69 Å². The molecule has 0 spiro atoms. The molecule has 3 aromatic rings. The molecular formula is C20H19NO4. The minimum Gasteiger partial charge on any atom is -0.502 e. The average Bonchev–Trinajstić information content (AvgIpc) is 2.65. The van der Waals surface area contributed by atoms with Gasteiger partial charge in [0.15, 0.2) is 5.76 Å². The third kappa shape index (κ3) is 3.89. The van der Waals surface area contributed by atoms with Crippen molar-refractivity contribution in [1.82, 2.24) is 0 Å². The zero-order chi connectivity index (χ0) is 17.6. The summed E-state index contributed by atoms with van der Waals surface area (Å²) in [4.78, 5) is 11.6. The van der Waals surface area contributed by atoms with E-state index in [1.165, 1.54) is 6.26 Å². The van der Waals surface area contributed by atoms with E-state index in [1.807, 2.05) is 54.6 Å². The second-order valence-corrected chi connectivity index (χ2v) is 5.65. The molecule has 0 bridgehead atoms. The summed E-state index contributed by atoms with van der Waals surface area (Å²) in [6.07, 6.45) is 1.53. The summed E-state index contributed by atoms with van der Waals surface area (Å²) in [6.45, 7) is -0.113. The number of anilines is 1. The molecule has 3 N–H and O–H groups in total. The van der Waals surface area contributed by atoms with Gasteiger partial charge in [0.05, 0.1) is 12.3 Å². The fraction of sp³-hybridized carbons (Fsp3) is 0.150. The predicted molar refractivity (Wildman–Crippen MR) is 96.6 cm³/mol. The topological polar surface area (TPSA) is 82.7 Å². The Hall–Kier alpha value is -3.05. The average molecular weight is 337 g/mol. The molecule has 0 saturated carbocycles. The van der Waals surface area contributed by atoms with Crippen molar-refractivity contribution in [1.29, 1.82) is 0 Å². The molecule has 0 saturated heterocycles. The minimum atomic E-state index is -0.513. The van der Waals surface area contributed by atoms with Gasteiger partial charge in [0.1, 0.15) is 0 Å². The summed E-state index contributed by atoms with van der Waals surface area (Å²) in [7, 11) is 0. The van der Waals surface area contributed by atoms with Crippen molar-refractivity contribution < 1.29 is 14.6 Å². The first-order valence-electron chi connectivity index (χ1n) is 8.02. The summed E-state index contributed by atoms with van der Waals surface area (Å²) >= 11 is 0. The molecular weight excluding hydrogens is 318 g/mol. The van der Waals surface area contributed by atoms with Gasteiger partial charge in [-0.2, -0.15) is 0 Å². The number of aliphatic hydroxyl groups is 1. The van der Waals surface area contributed by atoms with Crippen LogP contribution in [-0.4, -0.2) is 16.8 Å². The minimum absolute atomic E-state index is 0.113. The first-order valence-corrected chi connectivity index (χ1v) is 8.02. The first kappa shape index (κ1) is 16.8. The molecule has 1 atom stereocenters. The summed E-state index contributed by atoms with van der Waals surface area (Å²) in [6, 6.07) is 18.4. The molecule has 0 fully saturated rings. The van der Waals surface area contributed by atoms with Gasteiger partial charge in [-0.15, -0.1) is 0 Å². The molecule has 0 aliphatic carbocycles. The molecule has 0 aliphatic heterocycles. The predicted octanol–water partition coefficient (Wildman–Crippen LogP) is 3.55. The largest absolute Gasteiger partial charge is 0.502 e. The Bertz CT molecular complexity index is 872. The Kier molecular flexibility index (Phi) is 5.16. The summed E-state index contributed by atoms with van der Waals surface area (Å²) < 4.78 is 5.30. The van der Waals surface area contributed by atoms with Crippen molar-refractivity contribution in [3.8, 4) is 16.9 Å². The van der Waals surface area contributed by atoms with E-state index in [4.69, 9.17) is 4.42 Å². The summed E-state index contributed by atoms with van der Waals surface area (Å²) in [5, 5.41) is 22.4. The maximum atomic E-state index is 11.6. The molecule has 0 aliphatic rings. The molecule has 128 valence electrons. The normalized spacial score (nSPS) is 11.9. The summed E-state index contributed by atoms with van der Waals surface area (Å²) in [5.74, 6) is -0.317. The van der Waals surface area contributed by atoms with Crippen molar-refractivity contribution in [2.45, 2.75) is 12.5 Å². The van der Waals surface area contributed by atoms with Crippen LogP contribution in [0.2, 0.25) is 0 Å². The second-order valence-electron chi connectivity index (χ2n) is 5.65. The molecule has 1 aromatic heterocycles. The lowest BCUT2D eigenvalue weighted by atomic mass is 10.0. The van der Waals surface area contributed by atoms with Gasteiger partial charge in [0.25, 0.3) is 0 Å². The van der Waals surface area contributed by atoms with Gasteiger partial charge in [0.2, 0.25) is 11.2 Å². The Balaban J connectivity index is 1.83. The molecule has 1 heterocycles. The number of rotatable bonds is 6. The maximum absolute atomic E-state index is 11.6. The Morgan fingerprint density at radius 3 is 2.32 bits per heavy atom. The fourth-order valence-electron chi connectivity index (χ4n) is 2.66. The molecule has 2 aromatic carbocycles. The van der Waals surface area contributed by atoms with Gasteiger partial charge in [-0.05, 0) is 29.7 Å². The fourth-order valence-corrected chi connectivity index (χ4v) is 2.66. The van der Waals surface area contributed by atoms with Crippen molar-refractivity contribution in [3.05, 3.63) is 82.9 Å².